The molecule has 1 aliphatic rings. The van der Waals surface area contributed by atoms with Crippen LogP contribution in [0.5, 0.6) is 0 Å². The summed E-state index contributed by atoms with van der Waals surface area (Å²) in [6.07, 6.45) is 1.84. The Hall–Kier alpha value is -2.97. The first-order valence-corrected chi connectivity index (χ1v) is 7.37. The summed E-state index contributed by atoms with van der Waals surface area (Å²) in [5.74, 6) is 6.13. The van der Waals surface area contributed by atoms with Gasteiger partial charge in [0.05, 0.1) is 11.6 Å². The van der Waals surface area contributed by atoms with Crippen molar-refractivity contribution in [1.29, 1.82) is 5.26 Å². The average molecular weight is 282 g/mol. The van der Waals surface area contributed by atoms with Crippen molar-refractivity contribution in [1.82, 2.24) is 4.98 Å². The zero-order chi connectivity index (χ0) is 15.1. The molecule has 0 aliphatic heterocycles. The van der Waals surface area contributed by atoms with E-state index in [-0.39, 0.29) is 0 Å². The number of fused-ring (bicyclic) bond motifs is 4. The summed E-state index contributed by atoms with van der Waals surface area (Å²) in [4.78, 5) is 3.51. The summed E-state index contributed by atoms with van der Waals surface area (Å²) in [5.41, 5.74) is 7.98. The molecule has 0 bridgehead atoms. The van der Waals surface area contributed by atoms with Gasteiger partial charge in [0.1, 0.15) is 0 Å². The molecule has 0 spiro atoms. The molecule has 0 atom stereocenters. The highest BCUT2D eigenvalue weighted by molar-refractivity contribution is 5.92. The molecular formula is C20H14N2. The van der Waals surface area contributed by atoms with Crippen LogP contribution >= 0.6 is 0 Å². The smallest absolute Gasteiger partial charge is 0.0992 e. The highest BCUT2D eigenvalue weighted by Gasteiger charge is 2.21. The van der Waals surface area contributed by atoms with Crippen molar-refractivity contribution in [2.24, 2.45) is 0 Å². The minimum Gasteiger partial charge on any atom is -0.358 e. The molecule has 1 aliphatic carbocycles. The molecule has 0 unspecified atom stereocenters. The van der Waals surface area contributed by atoms with Gasteiger partial charge in [0.25, 0.3) is 0 Å². The van der Waals surface area contributed by atoms with Gasteiger partial charge in [-0.25, -0.2) is 0 Å². The van der Waals surface area contributed by atoms with Gasteiger partial charge in [-0.3, -0.25) is 0 Å². The number of aromatic amines is 1. The maximum absolute atomic E-state index is 9.22. The van der Waals surface area contributed by atoms with Crippen LogP contribution in [0, 0.1) is 23.2 Å². The summed E-state index contributed by atoms with van der Waals surface area (Å²) in [6.45, 7) is 1.83. The Morgan fingerprint density at radius 3 is 2.59 bits per heavy atom. The predicted octanol–water partition coefficient (Wildman–Crippen LogP) is 3.91. The van der Waals surface area contributed by atoms with Gasteiger partial charge >= 0.3 is 0 Å². The third kappa shape index (κ3) is 1.82. The fraction of sp³-hybridized carbons (Fsp3) is 0.150. The number of nitrogens with zero attached hydrogens (tertiary/aromatic N) is 1. The molecule has 0 fully saturated rings. The molecule has 2 heteroatoms. The second-order valence-corrected chi connectivity index (χ2v) is 5.64. The van der Waals surface area contributed by atoms with Gasteiger partial charge in [0, 0.05) is 35.0 Å². The summed E-state index contributed by atoms with van der Waals surface area (Å²) in [5, 5.41) is 10.4. The van der Waals surface area contributed by atoms with E-state index in [2.05, 4.69) is 47.2 Å². The Morgan fingerprint density at radius 1 is 1.09 bits per heavy atom. The number of nitrogens with one attached hydrogen (secondary N) is 1. The number of nitriles is 1. The minimum absolute atomic E-state index is 0.654. The van der Waals surface area contributed by atoms with Gasteiger partial charge in [0.2, 0.25) is 0 Å². The van der Waals surface area contributed by atoms with Crippen LogP contribution in [0.25, 0.3) is 10.9 Å². The summed E-state index contributed by atoms with van der Waals surface area (Å²) < 4.78 is 0. The summed E-state index contributed by atoms with van der Waals surface area (Å²) in [6, 6.07) is 14.6. The predicted molar refractivity (Wildman–Crippen MR) is 87.6 cm³/mol. The number of benzene rings is 2. The lowest BCUT2D eigenvalue weighted by Crippen LogP contribution is -2.06. The molecule has 4 rings (SSSR count). The van der Waals surface area contributed by atoms with Gasteiger partial charge in [-0.05, 0) is 35.7 Å². The van der Waals surface area contributed by atoms with Crippen molar-refractivity contribution in [3.05, 3.63) is 69.9 Å². The molecule has 2 aromatic carbocycles. The lowest BCUT2D eigenvalue weighted by molar-refractivity contribution is 0.980. The molecular weight excluding hydrogens is 268 g/mol. The van der Waals surface area contributed by atoms with Crippen molar-refractivity contribution in [3.63, 3.8) is 0 Å². The normalized spacial score (nSPS) is 12.0. The molecule has 0 saturated heterocycles. The average Bonchev–Trinajstić information content (AvgIpc) is 2.90. The lowest BCUT2D eigenvalue weighted by Gasteiger charge is -2.16. The second kappa shape index (κ2) is 4.79. The second-order valence-electron chi connectivity index (χ2n) is 5.64. The van der Waals surface area contributed by atoms with Gasteiger partial charge in [-0.2, -0.15) is 5.26 Å². The van der Waals surface area contributed by atoms with Crippen LogP contribution in [0.2, 0.25) is 0 Å². The van der Waals surface area contributed by atoms with E-state index in [1.54, 1.807) is 0 Å². The Morgan fingerprint density at radius 2 is 1.86 bits per heavy atom. The first-order valence-electron chi connectivity index (χ1n) is 7.37. The lowest BCUT2D eigenvalue weighted by atomic mass is 9.88. The highest BCUT2D eigenvalue weighted by atomic mass is 14.7. The van der Waals surface area contributed by atoms with E-state index in [0.29, 0.717) is 5.56 Å². The number of hydrogen-bond acceptors (Lipinski definition) is 1. The molecule has 0 saturated carbocycles. The zero-order valence-corrected chi connectivity index (χ0v) is 12.3. The largest absolute Gasteiger partial charge is 0.358 e. The van der Waals surface area contributed by atoms with Crippen molar-refractivity contribution < 1.29 is 0 Å². The quantitative estimate of drug-likeness (QED) is 0.488. The van der Waals surface area contributed by atoms with E-state index in [4.69, 9.17) is 0 Å². The van der Waals surface area contributed by atoms with Gasteiger partial charge in [0.15, 0.2) is 0 Å². The molecule has 2 nitrogen and oxygen atoms in total. The maximum Gasteiger partial charge on any atom is 0.0992 e. The minimum atomic E-state index is 0.654. The fourth-order valence-corrected chi connectivity index (χ4v) is 3.38. The first kappa shape index (κ1) is 12.7. The van der Waals surface area contributed by atoms with Crippen LogP contribution in [-0.2, 0) is 12.8 Å². The van der Waals surface area contributed by atoms with Crippen LogP contribution in [0.1, 0.15) is 40.4 Å². The van der Waals surface area contributed by atoms with Crippen molar-refractivity contribution >= 4 is 10.9 Å². The van der Waals surface area contributed by atoms with Crippen LogP contribution < -0.4 is 0 Å². The van der Waals surface area contributed by atoms with Crippen LogP contribution in [0.15, 0.2) is 36.4 Å². The summed E-state index contributed by atoms with van der Waals surface area (Å²) >= 11 is 0. The fourth-order valence-electron chi connectivity index (χ4n) is 3.38. The van der Waals surface area contributed by atoms with E-state index in [1.165, 1.54) is 27.8 Å². The SMILES string of the molecule is CC#Cc1cc(C#N)cc2[nH]c3c(c12)Cc1ccccc1C3. The standard InChI is InChI=1S/C20H14N2/c1-2-5-16-8-13(12-21)9-19-20(16)17-10-14-6-3-4-7-15(14)11-18(17)22-19/h3-4,6-9,22H,10-11H2,1H3. The summed E-state index contributed by atoms with van der Waals surface area (Å²) in [7, 11) is 0. The van der Waals surface area contributed by atoms with Crippen LogP contribution in [0.3, 0.4) is 0 Å². The molecule has 0 amide bonds. The van der Waals surface area contributed by atoms with E-state index < -0.39 is 0 Å². The number of H-pyrrole nitrogens is 1. The topological polar surface area (TPSA) is 39.6 Å². The molecule has 3 aromatic rings. The molecule has 1 aromatic heterocycles. The Bertz CT molecular complexity index is 1000. The number of aromatic nitrogens is 1. The third-order valence-corrected chi connectivity index (χ3v) is 4.33. The molecule has 1 N–H and O–H groups in total. The number of rotatable bonds is 0. The molecule has 1 heterocycles. The molecule has 104 valence electrons. The van der Waals surface area contributed by atoms with Crippen molar-refractivity contribution in [2.75, 3.05) is 0 Å². The van der Waals surface area contributed by atoms with E-state index in [9.17, 15) is 5.26 Å². The van der Waals surface area contributed by atoms with Gasteiger partial charge < -0.3 is 4.98 Å². The van der Waals surface area contributed by atoms with Crippen LogP contribution in [-0.4, -0.2) is 4.98 Å². The van der Waals surface area contributed by atoms with E-state index in [1.807, 2.05) is 19.1 Å². The molecule has 0 radical (unpaired) electrons. The van der Waals surface area contributed by atoms with Crippen molar-refractivity contribution in [2.45, 2.75) is 19.8 Å². The first-order chi connectivity index (χ1) is 10.8. The third-order valence-electron chi connectivity index (χ3n) is 4.33. The van der Waals surface area contributed by atoms with Gasteiger partial charge in [-0.15, -0.1) is 5.92 Å². The Balaban J connectivity index is 2.01. The Kier molecular flexibility index (Phi) is 2.78. The van der Waals surface area contributed by atoms with Gasteiger partial charge in [-0.1, -0.05) is 30.2 Å². The van der Waals surface area contributed by atoms with E-state index >= 15 is 0 Å². The zero-order valence-electron chi connectivity index (χ0n) is 12.3. The Labute approximate surface area is 129 Å². The maximum atomic E-state index is 9.22. The van der Waals surface area contributed by atoms with Crippen LogP contribution in [0.4, 0.5) is 0 Å². The number of hydrogen-bond donors (Lipinski definition) is 1. The monoisotopic (exact) mass is 282 g/mol. The van der Waals surface area contributed by atoms with Crippen molar-refractivity contribution in [3.8, 4) is 17.9 Å². The molecule has 22 heavy (non-hydrogen) atoms. The van der Waals surface area contributed by atoms with E-state index in [0.717, 1.165) is 23.9 Å². The highest BCUT2D eigenvalue weighted by Crippen LogP contribution is 2.34.